The molecule has 10 heteroatoms. The number of phenolic OH excluding ortho intramolecular Hbond substituents is 1. The quantitative estimate of drug-likeness (QED) is 0.421. The fraction of sp³-hybridized carbons (Fsp3) is 0.0625. The number of hydrogen-bond acceptors (Lipinski definition) is 7. The van der Waals surface area contributed by atoms with Gasteiger partial charge in [0.05, 0.1) is 23.2 Å². The molecule has 2 aromatic rings. The summed E-state index contributed by atoms with van der Waals surface area (Å²) in [6.45, 7) is 0. The van der Waals surface area contributed by atoms with Crippen molar-refractivity contribution in [1.82, 2.24) is 10.9 Å². The van der Waals surface area contributed by atoms with Crippen LogP contribution in [0.3, 0.4) is 0 Å². The number of para-hydroxylation sites is 1. The third kappa shape index (κ3) is 4.12. The number of nitrogens with one attached hydrogen (secondary N) is 2. The van der Waals surface area contributed by atoms with E-state index < -0.39 is 28.4 Å². The summed E-state index contributed by atoms with van der Waals surface area (Å²) >= 11 is 0. The lowest BCUT2D eigenvalue weighted by atomic mass is 10.1. The Morgan fingerprint density at radius 1 is 1.04 bits per heavy atom. The van der Waals surface area contributed by atoms with E-state index in [-0.39, 0.29) is 22.4 Å². The SMILES string of the molecule is COC(=O)c1cc(C(=O)NNC(=O)c2ccccc2O)cc([N+](=O)[O-])c1. The predicted octanol–water partition coefficient (Wildman–Crippen LogP) is 1.16. The summed E-state index contributed by atoms with van der Waals surface area (Å²) in [6, 6.07) is 8.64. The minimum atomic E-state index is -0.900. The van der Waals surface area contributed by atoms with Gasteiger partial charge in [-0.1, -0.05) is 12.1 Å². The molecule has 2 rings (SSSR count). The number of nitrogens with zero attached hydrogens (tertiary/aromatic N) is 1. The van der Waals surface area contributed by atoms with Gasteiger partial charge < -0.3 is 9.84 Å². The first kappa shape index (κ1) is 18.4. The van der Waals surface area contributed by atoms with Crippen LogP contribution in [0.4, 0.5) is 5.69 Å². The lowest BCUT2D eigenvalue weighted by molar-refractivity contribution is -0.384. The third-order valence-corrected chi connectivity index (χ3v) is 3.25. The van der Waals surface area contributed by atoms with E-state index in [1.54, 1.807) is 0 Å². The Bertz CT molecular complexity index is 895. The lowest BCUT2D eigenvalue weighted by Gasteiger charge is -2.09. The monoisotopic (exact) mass is 359 g/mol. The number of esters is 1. The molecule has 3 N–H and O–H groups in total. The summed E-state index contributed by atoms with van der Waals surface area (Å²) in [5.74, 6) is -2.85. The van der Waals surface area contributed by atoms with E-state index in [0.717, 1.165) is 25.3 Å². The Kier molecular flexibility index (Phi) is 5.48. The minimum absolute atomic E-state index is 0.0814. The number of nitro groups is 1. The van der Waals surface area contributed by atoms with Crippen LogP contribution in [0.1, 0.15) is 31.1 Å². The van der Waals surface area contributed by atoms with Crippen molar-refractivity contribution in [2.75, 3.05) is 7.11 Å². The van der Waals surface area contributed by atoms with Crippen molar-refractivity contribution >= 4 is 23.5 Å². The van der Waals surface area contributed by atoms with Gasteiger partial charge in [0.1, 0.15) is 5.75 Å². The molecule has 0 fully saturated rings. The summed E-state index contributed by atoms with van der Waals surface area (Å²) in [5, 5.41) is 20.5. The van der Waals surface area contributed by atoms with Gasteiger partial charge in [-0.3, -0.25) is 30.6 Å². The van der Waals surface area contributed by atoms with E-state index in [2.05, 4.69) is 15.6 Å². The molecule has 0 saturated carbocycles. The molecule has 134 valence electrons. The average molecular weight is 359 g/mol. The number of amides is 2. The topological polar surface area (TPSA) is 148 Å². The summed E-state index contributed by atoms with van der Waals surface area (Å²) in [4.78, 5) is 45.8. The smallest absolute Gasteiger partial charge is 0.338 e. The summed E-state index contributed by atoms with van der Waals surface area (Å²) in [5.41, 5.74) is 3.10. The van der Waals surface area contributed by atoms with E-state index in [0.29, 0.717) is 0 Å². The number of ether oxygens (including phenoxy) is 1. The number of aromatic hydroxyl groups is 1. The number of non-ortho nitro benzene ring substituents is 1. The van der Waals surface area contributed by atoms with E-state index in [9.17, 15) is 29.6 Å². The Balaban J connectivity index is 2.20. The van der Waals surface area contributed by atoms with Crippen molar-refractivity contribution in [2.45, 2.75) is 0 Å². The summed E-state index contributed by atoms with van der Waals surface area (Å²) in [6.07, 6.45) is 0. The van der Waals surface area contributed by atoms with Crippen LogP contribution in [-0.4, -0.2) is 34.9 Å². The highest BCUT2D eigenvalue weighted by Crippen LogP contribution is 2.18. The first-order chi connectivity index (χ1) is 12.3. The van der Waals surface area contributed by atoms with E-state index >= 15 is 0 Å². The van der Waals surface area contributed by atoms with Gasteiger partial charge in [0, 0.05) is 17.7 Å². The van der Waals surface area contributed by atoms with Crippen LogP contribution < -0.4 is 10.9 Å². The molecular weight excluding hydrogens is 346 g/mol. The van der Waals surface area contributed by atoms with Crippen molar-refractivity contribution in [3.63, 3.8) is 0 Å². The van der Waals surface area contributed by atoms with Crippen LogP contribution >= 0.6 is 0 Å². The van der Waals surface area contributed by atoms with Crippen LogP contribution in [0.25, 0.3) is 0 Å². The van der Waals surface area contributed by atoms with E-state index in [1.807, 2.05) is 0 Å². The molecule has 0 aliphatic carbocycles. The number of methoxy groups -OCH3 is 1. The van der Waals surface area contributed by atoms with Crippen molar-refractivity contribution in [1.29, 1.82) is 0 Å². The molecule has 0 saturated heterocycles. The van der Waals surface area contributed by atoms with Gasteiger partial charge >= 0.3 is 5.97 Å². The Labute approximate surface area is 146 Å². The lowest BCUT2D eigenvalue weighted by Crippen LogP contribution is -2.41. The van der Waals surface area contributed by atoms with Gasteiger partial charge in [-0.2, -0.15) is 0 Å². The highest BCUT2D eigenvalue weighted by atomic mass is 16.6. The molecule has 0 aliphatic heterocycles. The predicted molar refractivity (Wildman–Crippen MR) is 87.5 cm³/mol. The Morgan fingerprint density at radius 2 is 1.65 bits per heavy atom. The molecule has 0 aliphatic rings. The number of carbonyl (C=O) groups is 3. The third-order valence-electron chi connectivity index (χ3n) is 3.25. The highest BCUT2D eigenvalue weighted by molar-refractivity contribution is 6.02. The Morgan fingerprint density at radius 3 is 2.27 bits per heavy atom. The van der Waals surface area contributed by atoms with Crippen molar-refractivity contribution in [2.24, 2.45) is 0 Å². The zero-order valence-corrected chi connectivity index (χ0v) is 13.4. The molecule has 0 radical (unpaired) electrons. The van der Waals surface area contributed by atoms with Crippen LogP contribution in [0, 0.1) is 10.1 Å². The molecule has 10 nitrogen and oxygen atoms in total. The largest absolute Gasteiger partial charge is 0.507 e. The zero-order chi connectivity index (χ0) is 19.3. The summed E-state index contributed by atoms with van der Waals surface area (Å²) in [7, 11) is 1.09. The maximum absolute atomic E-state index is 12.1. The van der Waals surface area contributed by atoms with Crippen molar-refractivity contribution in [3.8, 4) is 5.75 Å². The highest BCUT2D eigenvalue weighted by Gasteiger charge is 2.19. The van der Waals surface area contributed by atoms with E-state index in [4.69, 9.17) is 0 Å². The average Bonchev–Trinajstić information content (AvgIpc) is 2.65. The molecule has 0 atom stereocenters. The maximum atomic E-state index is 12.1. The molecule has 0 heterocycles. The number of phenols is 1. The van der Waals surface area contributed by atoms with Crippen molar-refractivity contribution in [3.05, 3.63) is 69.3 Å². The Hall–Kier alpha value is -3.95. The first-order valence-corrected chi connectivity index (χ1v) is 7.10. The van der Waals surface area contributed by atoms with Crippen LogP contribution in [0.5, 0.6) is 5.75 Å². The molecule has 0 unspecified atom stereocenters. The minimum Gasteiger partial charge on any atom is -0.507 e. The number of nitro benzene ring substituents is 1. The second-order valence-electron chi connectivity index (χ2n) is 4.94. The van der Waals surface area contributed by atoms with Gasteiger partial charge in [0.25, 0.3) is 17.5 Å². The fourth-order valence-corrected chi connectivity index (χ4v) is 2.00. The number of benzene rings is 2. The molecule has 2 amide bonds. The van der Waals surface area contributed by atoms with Crippen molar-refractivity contribution < 1.29 is 29.2 Å². The number of hydrazine groups is 1. The second kappa shape index (κ2) is 7.75. The van der Waals surface area contributed by atoms with Crippen LogP contribution in [0.2, 0.25) is 0 Å². The molecular formula is C16H13N3O7. The standard InChI is InChI=1S/C16H13N3O7/c1-26-16(23)10-6-9(7-11(8-10)19(24)25)14(21)17-18-15(22)12-4-2-3-5-13(12)20/h2-8,20H,1H3,(H,17,21)(H,18,22). The zero-order valence-electron chi connectivity index (χ0n) is 13.4. The molecule has 0 spiro atoms. The summed E-state index contributed by atoms with van der Waals surface area (Å²) < 4.78 is 4.48. The van der Waals surface area contributed by atoms with Gasteiger partial charge in [-0.05, 0) is 18.2 Å². The second-order valence-corrected chi connectivity index (χ2v) is 4.94. The molecule has 0 bridgehead atoms. The fourth-order valence-electron chi connectivity index (χ4n) is 2.00. The van der Waals surface area contributed by atoms with Gasteiger partial charge in [0.15, 0.2) is 0 Å². The maximum Gasteiger partial charge on any atom is 0.338 e. The van der Waals surface area contributed by atoms with Gasteiger partial charge in [-0.15, -0.1) is 0 Å². The number of carbonyl (C=O) groups excluding carboxylic acids is 3. The van der Waals surface area contributed by atoms with Gasteiger partial charge in [-0.25, -0.2) is 4.79 Å². The number of hydrogen-bond donors (Lipinski definition) is 3. The van der Waals surface area contributed by atoms with Crippen LogP contribution in [0.15, 0.2) is 42.5 Å². The molecule has 2 aromatic carbocycles. The van der Waals surface area contributed by atoms with Gasteiger partial charge in [0.2, 0.25) is 0 Å². The molecule has 0 aromatic heterocycles. The normalized spacial score (nSPS) is 9.88. The molecule has 26 heavy (non-hydrogen) atoms. The number of rotatable bonds is 4. The first-order valence-electron chi connectivity index (χ1n) is 7.10. The van der Waals surface area contributed by atoms with Crippen LogP contribution in [-0.2, 0) is 4.74 Å². The van der Waals surface area contributed by atoms with E-state index in [1.165, 1.54) is 24.3 Å².